The average molecular weight is 310 g/mol. The second-order valence-corrected chi connectivity index (χ2v) is 5.74. The van der Waals surface area contributed by atoms with Crippen molar-refractivity contribution in [2.45, 2.75) is 0 Å². The highest BCUT2D eigenvalue weighted by Crippen LogP contribution is 2.28. The van der Waals surface area contributed by atoms with E-state index in [1.54, 1.807) is 18.4 Å². The van der Waals surface area contributed by atoms with Crippen LogP contribution in [0.3, 0.4) is 0 Å². The summed E-state index contributed by atoms with van der Waals surface area (Å²) in [5.41, 5.74) is 2.63. The van der Waals surface area contributed by atoms with Crippen molar-refractivity contribution < 1.29 is 4.74 Å². The summed E-state index contributed by atoms with van der Waals surface area (Å²) >= 11 is 5.07. The van der Waals surface area contributed by atoms with Crippen LogP contribution in [0.4, 0.5) is 0 Å². The van der Waals surface area contributed by atoms with Crippen LogP contribution in [-0.4, -0.2) is 22.1 Å². The lowest BCUT2D eigenvalue weighted by Gasteiger charge is -1.95. The van der Waals surface area contributed by atoms with Crippen molar-refractivity contribution in [1.82, 2.24) is 15.0 Å². The zero-order chi connectivity index (χ0) is 11.8. The molecule has 0 saturated heterocycles. The molecule has 4 nitrogen and oxygen atoms in total. The Morgan fingerprint density at radius 1 is 1.35 bits per heavy atom. The molecule has 17 heavy (non-hydrogen) atoms. The van der Waals surface area contributed by atoms with E-state index in [1.165, 1.54) is 0 Å². The van der Waals surface area contributed by atoms with Gasteiger partial charge in [-0.05, 0) is 28.1 Å². The molecule has 0 aliphatic heterocycles. The lowest BCUT2D eigenvalue weighted by molar-refractivity contribution is 0.399. The zero-order valence-corrected chi connectivity index (χ0v) is 11.3. The monoisotopic (exact) mass is 309 g/mol. The van der Waals surface area contributed by atoms with Gasteiger partial charge in [-0.25, -0.2) is 4.98 Å². The largest absolute Gasteiger partial charge is 0.481 e. The van der Waals surface area contributed by atoms with Crippen molar-refractivity contribution in [1.29, 1.82) is 0 Å². The molecule has 0 aromatic carbocycles. The summed E-state index contributed by atoms with van der Waals surface area (Å²) in [6.45, 7) is 0. The number of rotatable bonds is 2. The molecule has 3 aromatic rings. The first-order chi connectivity index (χ1) is 8.26. The Morgan fingerprint density at radius 2 is 2.24 bits per heavy atom. The highest BCUT2D eigenvalue weighted by Gasteiger charge is 2.08. The van der Waals surface area contributed by atoms with E-state index >= 15 is 0 Å². The molecule has 0 unspecified atom stereocenters. The Kier molecular flexibility index (Phi) is 2.60. The minimum absolute atomic E-state index is 0.571. The van der Waals surface area contributed by atoms with Crippen molar-refractivity contribution in [3.8, 4) is 17.3 Å². The second kappa shape index (κ2) is 4.12. The minimum atomic E-state index is 0.571. The van der Waals surface area contributed by atoms with E-state index < -0.39 is 0 Å². The van der Waals surface area contributed by atoms with E-state index in [0.717, 1.165) is 20.7 Å². The number of methoxy groups -OCH3 is 1. The van der Waals surface area contributed by atoms with E-state index in [4.69, 9.17) is 4.74 Å². The van der Waals surface area contributed by atoms with E-state index in [1.807, 2.05) is 23.6 Å². The fourth-order valence-corrected chi connectivity index (χ4v) is 2.70. The zero-order valence-electron chi connectivity index (χ0n) is 8.90. The summed E-state index contributed by atoms with van der Waals surface area (Å²) in [6, 6.07) is 5.76. The van der Waals surface area contributed by atoms with Gasteiger partial charge in [0, 0.05) is 17.0 Å². The van der Waals surface area contributed by atoms with Crippen LogP contribution in [-0.2, 0) is 0 Å². The molecule has 0 aliphatic carbocycles. The summed E-state index contributed by atoms with van der Waals surface area (Å²) in [5, 5.41) is 2.04. The summed E-state index contributed by atoms with van der Waals surface area (Å²) < 4.78 is 6.15. The Hall–Kier alpha value is -1.40. The molecule has 0 aliphatic rings. The molecule has 0 bridgehead atoms. The first kappa shape index (κ1) is 10.7. The lowest BCUT2D eigenvalue weighted by Crippen LogP contribution is -1.86. The Balaban J connectivity index is 2.13. The number of hydrogen-bond acceptors (Lipinski definition) is 4. The van der Waals surface area contributed by atoms with Crippen molar-refractivity contribution >= 4 is 38.4 Å². The molecule has 0 fully saturated rings. The third-order valence-electron chi connectivity index (χ3n) is 2.37. The predicted molar refractivity (Wildman–Crippen MR) is 71.5 cm³/mol. The van der Waals surface area contributed by atoms with Crippen molar-refractivity contribution in [2.24, 2.45) is 0 Å². The number of thiophene rings is 1. The van der Waals surface area contributed by atoms with E-state index in [0.29, 0.717) is 11.5 Å². The molecule has 0 spiro atoms. The van der Waals surface area contributed by atoms with Crippen LogP contribution in [0.25, 0.3) is 22.6 Å². The Bertz CT molecular complexity index is 676. The van der Waals surface area contributed by atoms with E-state index in [2.05, 4.69) is 30.9 Å². The van der Waals surface area contributed by atoms with Crippen LogP contribution in [0.2, 0.25) is 0 Å². The predicted octanol–water partition coefficient (Wildman–Crippen LogP) is 3.46. The van der Waals surface area contributed by atoms with Gasteiger partial charge in [0.15, 0.2) is 5.65 Å². The average Bonchev–Trinajstić information content (AvgIpc) is 2.93. The van der Waals surface area contributed by atoms with Crippen LogP contribution in [0, 0.1) is 0 Å². The number of pyridine rings is 1. The molecule has 0 radical (unpaired) electrons. The Morgan fingerprint density at radius 3 is 2.94 bits per heavy atom. The van der Waals surface area contributed by atoms with Crippen LogP contribution >= 0.6 is 27.3 Å². The number of hydrogen-bond donors (Lipinski definition) is 1. The molecule has 6 heteroatoms. The first-order valence-electron chi connectivity index (χ1n) is 4.91. The maximum atomic E-state index is 5.07. The number of halogens is 1. The fourth-order valence-electron chi connectivity index (χ4n) is 1.56. The molecule has 3 heterocycles. The molecule has 3 rings (SSSR count). The fraction of sp³-hybridized carbons (Fsp3) is 0.0909. The van der Waals surface area contributed by atoms with Gasteiger partial charge in [0.1, 0.15) is 5.82 Å². The van der Waals surface area contributed by atoms with Crippen molar-refractivity contribution in [2.75, 3.05) is 7.11 Å². The molecule has 86 valence electrons. The number of nitrogens with zero attached hydrogens (tertiary/aromatic N) is 2. The lowest BCUT2D eigenvalue weighted by atomic mass is 10.3. The first-order valence-corrected chi connectivity index (χ1v) is 6.58. The molecule has 0 amide bonds. The number of H-pyrrole nitrogens is 1. The quantitative estimate of drug-likeness (QED) is 0.788. The molecular weight excluding hydrogens is 302 g/mol. The number of nitrogens with one attached hydrogen (secondary N) is 1. The van der Waals surface area contributed by atoms with Crippen LogP contribution < -0.4 is 4.74 Å². The van der Waals surface area contributed by atoms with Gasteiger partial charge in [0.05, 0.1) is 16.4 Å². The summed E-state index contributed by atoms with van der Waals surface area (Å²) in [5.74, 6) is 1.39. The number of imidazole rings is 1. The van der Waals surface area contributed by atoms with Crippen molar-refractivity contribution in [3.63, 3.8) is 0 Å². The maximum absolute atomic E-state index is 5.07. The van der Waals surface area contributed by atoms with Crippen molar-refractivity contribution in [3.05, 3.63) is 27.4 Å². The SMILES string of the molecule is COc1ccc2[nH]c(-c3csc(Br)c3)nc2n1. The van der Waals surface area contributed by atoms with E-state index in [9.17, 15) is 0 Å². The maximum Gasteiger partial charge on any atom is 0.215 e. The molecule has 1 N–H and O–H groups in total. The van der Waals surface area contributed by atoms with Crippen LogP contribution in [0.5, 0.6) is 5.88 Å². The summed E-state index contributed by atoms with van der Waals surface area (Å²) in [6.07, 6.45) is 0. The molecule has 0 saturated carbocycles. The normalized spacial score (nSPS) is 10.9. The Labute approximate surface area is 110 Å². The number of fused-ring (bicyclic) bond motifs is 1. The molecule has 0 atom stereocenters. The third kappa shape index (κ3) is 1.94. The highest BCUT2D eigenvalue weighted by molar-refractivity contribution is 9.11. The van der Waals surface area contributed by atoms with Crippen LogP contribution in [0.1, 0.15) is 0 Å². The number of aromatic amines is 1. The molecule has 3 aromatic heterocycles. The van der Waals surface area contributed by atoms with Gasteiger partial charge in [-0.3, -0.25) is 0 Å². The number of aromatic nitrogens is 3. The van der Waals surface area contributed by atoms with Gasteiger partial charge in [-0.2, -0.15) is 4.98 Å². The topological polar surface area (TPSA) is 50.8 Å². The van der Waals surface area contributed by atoms with E-state index in [-0.39, 0.29) is 0 Å². The van der Waals surface area contributed by atoms with Gasteiger partial charge < -0.3 is 9.72 Å². The third-order valence-corrected chi connectivity index (χ3v) is 3.87. The molecular formula is C11H8BrN3OS. The standard InChI is InChI=1S/C11H8BrN3OS/c1-16-9-3-2-7-11(14-9)15-10(13-7)6-4-8(12)17-5-6/h2-5H,1H3,(H,13,14,15). The van der Waals surface area contributed by atoms with Crippen LogP contribution in [0.15, 0.2) is 27.4 Å². The van der Waals surface area contributed by atoms with Gasteiger partial charge in [-0.15, -0.1) is 11.3 Å². The van der Waals surface area contributed by atoms with Gasteiger partial charge in [0.2, 0.25) is 5.88 Å². The van der Waals surface area contributed by atoms with Gasteiger partial charge >= 0.3 is 0 Å². The number of ether oxygens (including phenoxy) is 1. The summed E-state index contributed by atoms with van der Waals surface area (Å²) in [4.78, 5) is 12.0. The smallest absolute Gasteiger partial charge is 0.215 e. The van der Waals surface area contributed by atoms with Gasteiger partial charge in [0.25, 0.3) is 0 Å². The highest BCUT2D eigenvalue weighted by atomic mass is 79.9. The second-order valence-electron chi connectivity index (χ2n) is 3.45. The van der Waals surface area contributed by atoms with Gasteiger partial charge in [-0.1, -0.05) is 0 Å². The minimum Gasteiger partial charge on any atom is -0.481 e. The summed E-state index contributed by atoms with van der Waals surface area (Å²) in [7, 11) is 1.59.